The molecule has 0 rings (SSSR count). The quantitative estimate of drug-likeness (QED) is 0.377. The predicted molar refractivity (Wildman–Crippen MR) is 61.0 cm³/mol. The van der Waals surface area contributed by atoms with Gasteiger partial charge in [0.1, 0.15) is 0 Å². The number of nitrogens with two attached hydrogens (primary N) is 1. The van der Waals surface area contributed by atoms with Crippen molar-refractivity contribution in [2.45, 2.75) is 44.2 Å². The van der Waals surface area contributed by atoms with Gasteiger partial charge in [-0.2, -0.15) is 26.3 Å². The van der Waals surface area contributed by atoms with Crippen LogP contribution in [0.3, 0.4) is 0 Å². The van der Waals surface area contributed by atoms with E-state index < -0.39 is 45.1 Å². The Bertz CT molecular complexity index is 307. The molecule has 13 heteroatoms. The van der Waals surface area contributed by atoms with Crippen LogP contribution in [0.15, 0.2) is 0 Å². The fraction of sp³-hybridized carbons (Fsp3) is 1.00. The van der Waals surface area contributed by atoms with Crippen LogP contribution in [0.25, 0.3) is 0 Å². The lowest BCUT2D eigenvalue weighted by atomic mass is 10.1. The van der Waals surface area contributed by atoms with Crippen molar-refractivity contribution in [2.24, 2.45) is 5.73 Å². The number of hydrogen-bond acceptors (Lipinski definition) is 3. The summed E-state index contributed by atoms with van der Waals surface area (Å²) in [5.74, 6) is 0. The third-order valence-corrected chi connectivity index (χ3v) is 1.83. The molecule has 0 aromatic heterocycles. The molecule has 0 aliphatic carbocycles. The molecule has 0 aliphatic heterocycles. The largest absolute Gasteiger partial charge is 0.466 e. The van der Waals surface area contributed by atoms with Gasteiger partial charge in [0.15, 0.2) is 0 Å². The van der Waals surface area contributed by atoms with Crippen molar-refractivity contribution in [3.05, 3.63) is 0 Å². The first kappa shape index (κ1) is 22.9. The minimum Gasteiger partial charge on any atom is -0.329 e. The molecule has 130 valence electrons. The number of halogens is 6. The first-order chi connectivity index (χ1) is 9.03. The first-order valence-corrected chi connectivity index (χ1v) is 6.98. The lowest BCUT2D eigenvalue weighted by Crippen LogP contribution is -2.45. The second-order valence-corrected chi connectivity index (χ2v) is 5.18. The molecule has 0 saturated carbocycles. The third kappa shape index (κ3) is 25.0. The average Bonchev–Trinajstić information content (AvgIpc) is 2.08. The minimum absolute atomic E-state index is 0.0216. The zero-order valence-electron chi connectivity index (χ0n) is 10.8. The lowest BCUT2D eigenvalue weighted by Gasteiger charge is -2.24. The number of hydrogen-bond donors (Lipinski definition) is 5. The van der Waals surface area contributed by atoms with Crippen molar-refractivity contribution in [2.75, 3.05) is 6.54 Å². The van der Waals surface area contributed by atoms with Crippen molar-refractivity contribution in [3.63, 3.8) is 0 Å². The van der Waals surface area contributed by atoms with Gasteiger partial charge in [0.05, 0.1) is 12.8 Å². The molecular formula is C8H17F6N2O4P. The van der Waals surface area contributed by atoms with E-state index in [0.29, 0.717) is 0 Å². The summed E-state index contributed by atoms with van der Waals surface area (Å²) in [5.41, 5.74) is 5.12. The third-order valence-electron chi connectivity index (χ3n) is 1.83. The summed E-state index contributed by atoms with van der Waals surface area (Å²) in [6, 6.07) is -2.27. The molecular weight excluding hydrogens is 333 g/mol. The SMILES string of the molecule is CC(CN)NC(CC(F)(F)F)CC(F)(F)F.O=P(O)(O)O. The van der Waals surface area contributed by atoms with E-state index in [1.54, 1.807) is 0 Å². The zero-order chi connectivity index (χ0) is 17.5. The summed E-state index contributed by atoms with van der Waals surface area (Å²) in [6.45, 7) is 1.41. The average molecular weight is 350 g/mol. The van der Waals surface area contributed by atoms with E-state index in [1.165, 1.54) is 6.92 Å². The molecule has 0 spiro atoms. The van der Waals surface area contributed by atoms with Gasteiger partial charge in [0.2, 0.25) is 0 Å². The molecule has 0 aromatic rings. The molecule has 6 nitrogen and oxygen atoms in total. The Morgan fingerprint density at radius 2 is 1.33 bits per heavy atom. The smallest absolute Gasteiger partial charge is 0.329 e. The van der Waals surface area contributed by atoms with Crippen LogP contribution < -0.4 is 11.1 Å². The van der Waals surface area contributed by atoms with Gasteiger partial charge in [0.25, 0.3) is 0 Å². The summed E-state index contributed by atoms with van der Waals surface area (Å²) in [5, 5.41) is 2.21. The van der Waals surface area contributed by atoms with Crippen molar-refractivity contribution < 1.29 is 45.6 Å². The van der Waals surface area contributed by atoms with Crippen LogP contribution in [0.4, 0.5) is 26.3 Å². The van der Waals surface area contributed by atoms with E-state index in [9.17, 15) is 26.3 Å². The maximum absolute atomic E-state index is 12.0. The Kier molecular flexibility index (Phi) is 9.71. The van der Waals surface area contributed by atoms with Gasteiger partial charge in [0, 0.05) is 18.6 Å². The number of nitrogens with one attached hydrogen (secondary N) is 1. The molecule has 0 aliphatic rings. The van der Waals surface area contributed by atoms with Gasteiger partial charge in [-0.05, 0) is 6.92 Å². The highest BCUT2D eigenvalue weighted by Gasteiger charge is 2.39. The molecule has 0 radical (unpaired) electrons. The highest BCUT2D eigenvalue weighted by Crippen LogP contribution is 2.29. The highest BCUT2D eigenvalue weighted by atomic mass is 31.2. The fourth-order valence-electron chi connectivity index (χ4n) is 1.22. The fourth-order valence-corrected chi connectivity index (χ4v) is 1.22. The summed E-state index contributed by atoms with van der Waals surface area (Å²) in [7, 11) is -4.64. The molecule has 1 atom stereocenters. The Labute approximate surface area is 116 Å². The monoisotopic (exact) mass is 350 g/mol. The van der Waals surface area contributed by atoms with Crippen LogP contribution >= 0.6 is 7.82 Å². The second kappa shape index (κ2) is 8.91. The van der Waals surface area contributed by atoms with E-state index in [-0.39, 0.29) is 6.54 Å². The summed E-state index contributed by atoms with van der Waals surface area (Å²) in [4.78, 5) is 21.6. The predicted octanol–water partition coefficient (Wildman–Crippen LogP) is 1.27. The van der Waals surface area contributed by atoms with E-state index in [1.807, 2.05) is 0 Å². The van der Waals surface area contributed by atoms with Crippen molar-refractivity contribution in [1.29, 1.82) is 0 Å². The molecule has 6 N–H and O–H groups in total. The molecule has 0 amide bonds. The second-order valence-electron chi connectivity index (χ2n) is 4.15. The van der Waals surface area contributed by atoms with E-state index >= 15 is 0 Å². The number of rotatable bonds is 5. The highest BCUT2D eigenvalue weighted by molar-refractivity contribution is 7.45. The Morgan fingerprint density at radius 1 is 1.05 bits per heavy atom. The van der Waals surface area contributed by atoms with Crippen LogP contribution in [0, 0.1) is 0 Å². The standard InChI is InChI=1S/C8H14F6N2.H3O4P/c1-5(4-15)16-6(2-7(9,10)11)3-8(12,13)14;1-5(2,3)4/h5-6,16H,2-4,15H2,1H3;(H3,1,2,3,4). The van der Waals surface area contributed by atoms with Crippen LogP contribution in [0.5, 0.6) is 0 Å². The van der Waals surface area contributed by atoms with Gasteiger partial charge in [-0.1, -0.05) is 0 Å². The van der Waals surface area contributed by atoms with E-state index in [2.05, 4.69) is 5.32 Å². The molecule has 0 aromatic carbocycles. The Balaban J connectivity index is 0. The first-order valence-electron chi connectivity index (χ1n) is 5.41. The summed E-state index contributed by atoms with van der Waals surface area (Å²) < 4.78 is 80.9. The maximum Gasteiger partial charge on any atom is 0.466 e. The molecule has 21 heavy (non-hydrogen) atoms. The van der Waals surface area contributed by atoms with E-state index in [0.717, 1.165) is 0 Å². The molecule has 0 bridgehead atoms. The van der Waals surface area contributed by atoms with E-state index in [4.69, 9.17) is 25.0 Å². The van der Waals surface area contributed by atoms with Crippen molar-refractivity contribution >= 4 is 7.82 Å². The minimum atomic E-state index is -4.64. The van der Waals surface area contributed by atoms with Crippen LogP contribution in [0.2, 0.25) is 0 Å². The Morgan fingerprint density at radius 3 is 1.52 bits per heavy atom. The topological polar surface area (TPSA) is 116 Å². The van der Waals surface area contributed by atoms with Gasteiger partial charge < -0.3 is 25.7 Å². The summed E-state index contributed by atoms with van der Waals surface area (Å²) in [6.07, 6.45) is -12.3. The molecule has 0 heterocycles. The summed E-state index contributed by atoms with van der Waals surface area (Å²) >= 11 is 0. The lowest BCUT2D eigenvalue weighted by molar-refractivity contribution is -0.165. The number of alkyl halides is 6. The van der Waals surface area contributed by atoms with Gasteiger partial charge in [-0.3, -0.25) is 0 Å². The van der Waals surface area contributed by atoms with Gasteiger partial charge >= 0.3 is 20.2 Å². The van der Waals surface area contributed by atoms with Crippen molar-refractivity contribution in [1.82, 2.24) is 5.32 Å². The van der Waals surface area contributed by atoms with Gasteiger partial charge in [-0.15, -0.1) is 0 Å². The molecule has 0 fully saturated rings. The van der Waals surface area contributed by atoms with Crippen LogP contribution in [-0.4, -0.2) is 45.7 Å². The Hall–Kier alpha value is -0.390. The van der Waals surface area contributed by atoms with Gasteiger partial charge in [-0.25, -0.2) is 4.57 Å². The molecule has 0 saturated heterocycles. The van der Waals surface area contributed by atoms with Crippen LogP contribution in [0.1, 0.15) is 19.8 Å². The zero-order valence-corrected chi connectivity index (χ0v) is 11.7. The molecule has 1 unspecified atom stereocenters. The normalized spacial score (nSPS) is 14.7. The maximum atomic E-state index is 12.0. The van der Waals surface area contributed by atoms with Crippen molar-refractivity contribution in [3.8, 4) is 0 Å². The van der Waals surface area contributed by atoms with Crippen LogP contribution in [-0.2, 0) is 4.57 Å². The number of phosphoric acid groups is 1.